The summed E-state index contributed by atoms with van der Waals surface area (Å²) in [4.78, 5) is 3.74. The van der Waals surface area contributed by atoms with Gasteiger partial charge < -0.3 is 22.3 Å². The molecule has 1 aliphatic carbocycles. The molecule has 0 spiro atoms. The van der Waals surface area contributed by atoms with Crippen LogP contribution in [0.2, 0.25) is 0 Å². The van der Waals surface area contributed by atoms with Gasteiger partial charge in [0, 0.05) is 0 Å². The van der Waals surface area contributed by atoms with Crippen molar-refractivity contribution in [3.05, 3.63) is 96.8 Å². The van der Waals surface area contributed by atoms with E-state index < -0.39 is 16.1 Å². The first-order valence-electron chi connectivity index (χ1n) is 12.5. The number of H-pyrrole nitrogens is 1. The molecule has 200 valence electrons. The van der Waals surface area contributed by atoms with Crippen LogP contribution in [0.15, 0.2) is 95.9 Å². The van der Waals surface area contributed by atoms with Crippen LogP contribution in [0.25, 0.3) is 11.0 Å². The first kappa shape index (κ1) is 27.7. The summed E-state index contributed by atoms with van der Waals surface area (Å²) < 4.78 is 36.1. The highest BCUT2D eigenvalue weighted by atomic mass is 35.5. The van der Waals surface area contributed by atoms with Gasteiger partial charge in [0.05, 0.1) is 30.2 Å². The van der Waals surface area contributed by atoms with Crippen molar-refractivity contribution in [3.8, 4) is 5.75 Å². The number of imidazole rings is 1. The normalized spacial score (nSPS) is 16.1. The number of benzene rings is 3. The van der Waals surface area contributed by atoms with Crippen molar-refractivity contribution < 1.29 is 35.2 Å². The van der Waals surface area contributed by atoms with E-state index in [-0.39, 0.29) is 30.4 Å². The molecule has 0 saturated heterocycles. The number of hydrogen-bond acceptors (Lipinski definition) is 4. The smallest absolute Gasteiger partial charge is 0.264 e. The fraction of sp³-hybridized carbons (Fsp3) is 0.276. The van der Waals surface area contributed by atoms with Crippen LogP contribution in [0.3, 0.4) is 0 Å². The standard InChI is InChI=1S/C29H31N3O4S.ClH/c1-36-25-18-16-23(17-19-25)32(37(34,35)26-12-6-3-7-13-26)21-24(33)20-31-28-15-9-8-14-27(28)30-29(31)22-10-4-2-5-11-22;/h2-4,6-9,12-19,22,24,33H,5,10-11,20-21H2,1H3;1H. The summed E-state index contributed by atoms with van der Waals surface area (Å²) in [5, 5.41) is 11.4. The summed E-state index contributed by atoms with van der Waals surface area (Å²) in [6.45, 7) is 0.163. The molecule has 5 rings (SSSR count). The SMILES string of the molecule is COc1ccc(N(CC(O)C[n+]2c(C3CC=CCC3)[nH]c3ccccc32)S(=O)(=O)c2ccccc2)cc1.[Cl-]. The van der Waals surface area contributed by atoms with Crippen molar-refractivity contribution in [1.29, 1.82) is 0 Å². The Morgan fingerprint density at radius 3 is 2.42 bits per heavy atom. The first-order chi connectivity index (χ1) is 18.0. The van der Waals surface area contributed by atoms with Crippen LogP contribution >= 0.6 is 0 Å². The van der Waals surface area contributed by atoms with Gasteiger partial charge in [-0.3, -0.25) is 4.31 Å². The molecule has 1 aliphatic rings. The van der Waals surface area contributed by atoms with Crippen molar-refractivity contribution in [2.75, 3.05) is 18.0 Å². The van der Waals surface area contributed by atoms with Gasteiger partial charge in [0.25, 0.3) is 15.8 Å². The number of ether oxygens (including phenoxy) is 1. The second-order valence-electron chi connectivity index (χ2n) is 9.32. The zero-order chi connectivity index (χ0) is 25.8. The summed E-state index contributed by atoms with van der Waals surface area (Å²) in [7, 11) is -2.35. The molecule has 1 heterocycles. The number of fused-ring (bicyclic) bond motifs is 1. The molecule has 0 amide bonds. The van der Waals surface area contributed by atoms with Crippen LogP contribution in [0, 0.1) is 0 Å². The maximum Gasteiger partial charge on any atom is 0.264 e. The van der Waals surface area contributed by atoms with Crippen molar-refractivity contribution in [2.24, 2.45) is 0 Å². The number of aliphatic hydroxyl groups excluding tert-OH is 1. The number of rotatable bonds is 9. The Balaban J connectivity index is 0.00000336. The Bertz CT molecular complexity index is 1490. The van der Waals surface area contributed by atoms with Crippen LogP contribution in [0.5, 0.6) is 5.75 Å². The Morgan fingerprint density at radius 2 is 1.74 bits per heavy atom. The molecule has 0 aliphatic heterocycles. The maximum absolute atomic E-state index is 13.7. The topological polar surface area (TPSA) is 86.5 Å². The minimum absolute atomic E-state index is 0. The number of aromatic amines is 1. The lowest BCUT2D eigenvalue weighted by atomic mass is 9.93. The summed E-state index contributed by atoms with van der Waals surface area (Å²) in [5.41, 5.74) is 2.46. The van der Waals surface area contributed by atoms with Gasteiger partial charge in [-0.2, -0.15) is 0 Å². The van der Waals surface area contributed by atoms with Crippen molar-refractivity contribution in [2.45, 2.75) is 42.7 Å². The highest BCUT2D eigenvalue weighted by Gasteiger charge is 2.31. The number of nitrogens with zero attached hydrogens (tertiary/aromatic N) is 2. The molecule has 7 nitrogen and oxygen atoms in total. The molecule has 2 N–H and O–H groups in total. The number of aromatic nitrogens is 2. The number of nitrogens with one attached hydrogen (secondary N) is 1. The second kappa shape index (κ2) is 12.0. The molecule has 0 saturated carbocycles. The number of para-hydroxylation sites is 2. The summed E-state index contributed by atoms with van der Waals surface area (Å²) in [6, 6.07) is 23.2. The summed E-state index contributed by atoms with van der Waals surface area (Å²) in [6.07, 6.45) is 6.44. The zero-order valence-corrected chi connectivity index (χ0v) is 22.8. The highest BCUT2D eigenvalue weighted by Crippen LogP contribution is 2.29. The number of halogens is 1. The van der Waals surface area contributed by atoms with Gasteiger partial charge in [0.1, 0.15) is 18.4 Å². The summed E-state index contributed by atoms with van der Waals surface area (Å²) >= 11 is 0. The van der Waals surface area contributed by atoms with E-state index in [0.717, 1.165) is 36.1 Å². The minimum atomic E-state index is -3.91. The maximum atomic E-state index is 13.7. The number of sulfonamides is 1. The second-order valence-corrected chi connectivity index (χ2v) is 11.2. The first-order valence-corrected chi connectivity index (χ1v) is 14.0. The number of methoxy groups -OCH3 is 1. The largest absolute Gasteiger partial charge is 1.00 e. The zero-order valence-electron chi connectivity index (χ0n) is 21.2. The molecule has 2 unspecified atom stereocenters. The predicted molar refractivity (Wildman–Crippen MR) is 144 cm³/mol. The number of hydrogen-bond donors (Lipinski definition) is 2. The van der Waals surface area contributed by atoms with Gasteiger partial charge in [-0.1, -0.05) is 42.5 Å². The average Bonchev–Trinajstić information content (AvgIpc) is 3.31. The van der Waals surface area contributed by atoms with E-state index in [9.17, 15) is 13.5 Å². The van der Waals surface area contributed by atoms with E-state index in [1.807, 2.05) is 24.3 Å². The third-order valence-electron chi connectivity index (χ3n) is 6.87. The lowest BCUT2D eigenvalue weighted by Crippen LogP contribution is -3.00. The molecular formula is C29H32ClN3O4S. The van der Waals surface area contributed by atoms with E-state index in [0.29, 0.717) is 17.4 Å². The molecule has 4 aromatic rings. The van der Waals surface area contributed by atoms with Crippen LogP contribution in [-0.2, 0) is 16.6 Å². The van der Waals surface area contributed by atoms with Gasteiger partial charge >= 0.3 is 0 Å². The quantitative estimate of drug-likeness (QED) is 0.243. The molecule has 0 radical (unpaired) electrons. The van der Waals surface area contributed by atoms with E-state index in [4.69, 9.17) is 4.74 Å². The average molecular weight is 554 g/mol. The predicted octanol–water partition coefficient (Wildman–Crippen LogP) is 1.55. The Hall–Kier alpha value is -3.33. The number of anilines is 1. The molecular weight excluding hydrogens is 522 g/mol. The molecule has 1 aromatic heterocycles. The van der Waals surface area contributed by atoms with Gasteiger partial charge in [-0.25, -0.2) is 18.0 Å². The third kappa shape index (κ3) is 5.72. The lowest BCUT2D eigenvalue weighted by Gasteiger charge is -2.27. The van der Waals surface area contributed by atoms with Crippen LogP contribution < -0.4 is 26.0 Å². The fourth-order valence-corrected chi connectivity index (χ4v) is 6.50. The number of aliphatic hydroxyl groups is 1. The van der Waals surface area contributed by atoms with Crippen LogP contribution in [-0.4, -0.2) is 38.3 Å². The molecule has 3 aromatic carbocycles. The van der Waals surface area contributed by atoms with Gasteiger partial charge in [-0.15, -0.1) is 0 Å². The highest BCUT2D eigenvalue weighted by molar-refractivity contribution is 7.92. The Morgan fingerprint density at radius 1 is 1.03 bits per heavy atom. The molecule has 38 heavy (non-hydrogen) atoms. The van der Waals surface area contributed by atoms with Crippen LogP contribution in [0.1, 0.15) is 31.0 Å². The van der Waals surface area contributed by atoms with Gasteiger partial charge in [-0.05, 0) is 67.8 Å². The summed E-state index contributed by atoms with van der Waals surface area (Å²) in [5.74, 6) is 2.00. The van der Waals surface area contributed by atoms with E-state index in [1.165, 1.54) is 4.31 Å². The molecule has 2 atom stereocenters. The monoisotopic (exact) mass is 553 g/mol. The molecule has 0 bridgehead atoms. The van der Waals surface area contributed by atoms with Gasteiger partial charge in [0.2, 0.25) is 0 Å². The lowest BCUT2D eigenvalue weighted by molar-refractivity contribution is -0.686. The van der Waals surface area contributed by atoms with E-state index in [2.05, 4.69) is 21.7 Å². The molecule has 0 fully saturated rings. The van der Waals surface area contributed by atoms with E-state index in [1.54, 1.807) is 61.7 Å². The number of allylic oxidation sites excluding steroid dienone is 2. The van der Waals surface area contributed by atoms with Crippen molar-refractivity contribution >= 4 is 26.7 Å². The van der Waals surface area contributed by atoms with Gasteiger partial charge in [0.15, 0.2) is 11.0 Å². The molecule has 9 heteroatoms. The Kier molecular flexibility index (Phi) is 8.76. The van der Waals surface area contributed by atoms with Crippen molar-refractivity contribution in [1.82, 2.24) is 4.98 Å². The van der Waals surface area contributed by atoms with E-state index >= 15 is 0 Å². The fourth-order valence-electron chi connectivity index (χ4n) is 4.98. The third-order valence-corrected chi connectivity index (χ3v) is 8.67. The Labute approximate surface area is 229 Å². The van der Waals surface area contributed by atoms with Crippen LogP contribution in [0.4, 0.5) is 5.69 Å². The van der Waals surface area contributed by atoms with Crippen molar-refractivity contribution in [3.63, 3.8) is 0 Å². The minimum Gasteiger partial charge on any atom is -1.00 e.